The fourth-order valence-electron chi connectivity index (χ4n) is 3.01. The highest BCUT2D eigenvalue weighted by Crippen LogP contribution is 2.25. The van der Waals surface area contributed by atoms with Crippen LogP contribution < -0.4 is 10.1 Å². The molecule has 0 aromatic heterocycles. The first kappa shape index (κ1) is 18.1. The van der Waals surface area contributed by atoms with Gasteiger partial charge in [-0.05, 0) is 74.1 Å². The van der Waals surface area contributed by atoms with Crippen LogP contribution in [0.3, 0.4) is 0 Å². The van der Waals surface area contributed by atoms with Gasteiger partial charge in [0.05, 0.1) is 6.10 Å². The summed E-state index contributed by atoms with van der Waals surface area (Å²) in [4.78, 5) is 12.1. The van der Waals surface area contributed by atoms with Crippen LogP contribution in [0.2, 0.25) is 10.0 Å². The summed E-state index contributed by atoms with van der Waals surface area (Å²) in [5.41, 5.74) is 1.69. The van der Waals surface area contributed by atoms with E-state index in [1.54, 1.807) is 12.1 Å². The fourth-order valence-corrected chi connectivity index (χ4v) is 3.51. The predicted molar refractivity (Wildman–Crippen MR) is 103 cm³/mol. The Morgan fingerprint density at radius 1 is 1.08 bits per heavy atom. The number of anilines is 1. The van der Waals surface area contributed by atoms with Crippen LogP contribution in [0.25, 0.3) is 0 Å². The van der Waals surface area contributed by atoms with E-state index in [-0.39, 0.29) is 5.91 Å². The van der Waals surface area contributed by atoms with Gasteiger partial charge in [-0.2, -0.15) is 0 Å². The van der Waals surface area contributed by atoms with Crippen molar-refractivity contribution in [2.75, 3.05) is 5.32 Å². The van der Waals surface area contributed by atoms with Crippen LogP contribution in [0.4, 0.5) is 5.69 Å². The van der Waals surface area contributed by atoms with Crippen molar-refractivity contribution in [1.82, 2.24) is 0 Å². The van der Waals surface area contributed by atoms with Gasteiger partial charge in [-0.15, -0.1) is 0 Å². The minimum atomic E-state index is -0.0459. The molecule has 1 aliphatic carbocycles. The molecule has 0 spiro atoms. The quantitative estimate of drug-likeness (QED) is 0.681. The lowest BCUT2D eigenvalue weighted by Gasteiger charge is -2.13. The third-order valence-corrected chi connectivity index (χ3v) is 4.97. The molecule has 3 nitrogen and oxygen atoms in total. The normalized spacial score (nSPS) is 14.5. The molecule has 0 aliphatic heterocycles. The Kier molecular flexibility index (Phi) is 6.22. The van der Waals surface area contributed by atoms with E-state index < -0.39 is 0 Å². The summed E-state index contributed by atoms with van der Waals surface area (Å²) in [7, 11) is 0. The number of benzene rings is 2. The summed E-state index contributed by atoms with van der Waals surface area (Å²) in [5.74, 6) is 0.813. The topological polar surface area (TPSA) is 38.3 Å². The minimum Gasteiger partial charge on any atom is -0.490 e. The molecule has 0 radical (unpaired) electrons. The van der Waals surface area contributed by atoms with E-state index in [4.69, 9.17) is 27.9 Å². The standard InChI is InChI=1S/C20H21Cl2NO2/c21-15-7-5-14(19(22)13-15)6-12-20(24)23-16-8-10-18(11-9-16)25-17-3-1-2-4-17/h5,7-11,13,17H,1-4,6,12H2,(H,23,24). The van der Waals surface area contributed by atoms with Gasteiger partial charge in [0.1, 0.15) is 5.75 Å². The predicted octanol–water partition coefficient (Wildman–Crippen LogP) is 5.89. The van der Waals surface area contributed by atoms with E-state index in [1.807, 2.05) is 30.3 Å². The van der Waals surface area contributed by atoms with Crippen LogP contribution in [0.1, 0.15) is 37.7 Å². The zero-order chi connectivity index (χ0) is 17.6. The second-order valence-corrected chi connectivity index (χ2v) is 7.18. The molecular formula is C20H21Cl2NO2. The lowest BCUT2D eigenvalue weighted by molar-refractivity contribution is -0.116. The Balaban J connectivity index is 1.48. The number of nitrogens with one attached hydrogen (secondary N) is 1. The largest absolute Gasteiger partial charge is 0.490 e. The Hall–Kier alpha value is -1.71. The zero-order valence-electron chi connectivity index (χ0n) is 13.9. The van der Waals surface area contributed by atoms with E-state index in [1.165, 1.54) is 12.8 Å². The average Bonchev–Trinajstić information content (AvgIpc) is 3.09. The highest BCUT2D eigenvalue weighted by Gasteiger charge is 2.16. The Bertz CT molecular complexity index is 725. The maximum atomic E-state index is 12.1. The number of hydrogen-bond acceptors (Lipinski definition) is 2. The van der Waals surface area contributed by atoms with Gasteiger partial charge in [-0.3, -0.25) is 4.79 Å². The third-order valence-electron chi connectivity index (χ3n) is 4.38. The summed E-state index contributed by atoms with van der Waals surface area (Å²) >= 11 is 12.0. The van der Waals surface area contributed by atoms with E-state index in [0.29, 0.717) is 29.0 Å². The van der Waals surface area contributed by atoms with Crippen molar-refractivity contribution in [3.8, 4) is 5.75 Å². The molecule has 25 heavy (non-hydrogen) atoms. The van der Waals surface area contributed by atoms with Crippen LogP contribution in [0, 0.1) is 0 Å². The highest BCUT2D eigenvalue weighted by atomic mass is 35.5. The Morgan fingerprint density at radius 3 is 2.48 bits per heavy atom. The number of ether oxygens (including phenoxy) is 1. The van der Waals surface area contributed by atoms with Gasteiger partial charge in [-0.1, -0.05) is 29.3 Å². The van der Waals surface area contributed by atoms with Crippen LogP contribution >= 0.6 is 23.2 Å². The molecule has 1 aliphatic rings. The Labute approximate surface area is 158 Å². The van der Waals surface area contributed by atoms with Crippen LogP contribution in [0.15, 0.2) is 42.5 Å². The van der Waals surface area contributed by atoms with Crippen molar-refractivity contribution in [3.05, 3.63) is 58.1 Å². The van der Waals surface area contributed by atoms with Crippen LogP contribution in [0.5, 0.6) is 5.75 Å². The van der Waals surface area contributed by atoms with Crippen molar-refractivity contribution in [2.45, 2.75) is 44.6 Å². The first-order chi connectivity index (χ1) is 12.1. The van der Waals surface area contributed by atoms with Gasteiger partial charge in [0.25, 0.3) is 0 Å². The SMILES string of the molecule is O=C(CCc1ccc(Cl)cc1Cl)Nc1ccc(OC2CCCC2)cc1. The van der Waals surface area contributed by atoms with Crippen molar-refractivity contribution >= 4 is 34.8 Å². The van der Waals surface area contributed by atoms with Gasteiger partial charge in [-0.25, -0.2) is 0 Å². The number of rotatable bonds is 6. The maximum absolute atomic E-state index is 12.1. The van der Waals surface area contributed by atoms with Gasteiger partial charge >= 0.3 is 0 Å². The molecule has 3 rings (SSSR count). The summed E-state index contributed by atoms with van der Waals surface area (Å²) in [6.45, 7) is 0. The van der Waals surface area contributed by atoms with Gasteiger partial charge in [0.2, 0.25) is 5.91 Å². The number of halogens is 2. The lowest BCUT2D eigenvalue weighted by atomic mass is 10.1. The van der Waals surface area contributed by atoms with Crippen LogP contribution in [-0.2, 0) is 11.2 Å². The first-order valence-electron chi connectivity index (χ1n) is 8.60. The van der Waals surface area contributed by atoms with E-state index in [2.05, 4.69) is 5.32 Å². The molecule has 0 heterocycles. The summed E-state index contributed by atoms with van der Waals surface area (Å²) in [5, 5.41) is 4.09. The maximum Gasteiger partial charge on any atom is 0.224 e. The minimum absolute atomic E-state index is 0.0459. The van der Waals surface area contributed by atoms with E-state index in [0.717, 1.165) is 29.8 Å². The van der Waals surface area contributed by atoms with Gasteiger partial charge in [0, 0.05) is 22.2 Å². The summed E-state index contributed by atoms with van der Waals surface area (Å²) in [6.07, 6.45) is 6.03. The van der Waals surface area contributed by atoms with E-state index in [9.17, 15) is 4.79 Å². The number of aryl methyl sites for hydroxylation is 1. The molecule has 1 amide bonds. The second kappa shape index (κ2) is 8.59. The Morgan fingerprint density at radius 2 is 1.80 bits per heavy atom. The fraction of sp³-hybridized carbons (Fsp3) is 0.350. The molecule has 1 N–H and O–H groups in total. The van der Waals surface area contributed by atoms with Crippen molar-refractivity contribution in [1.29, 1.82) is 0 Å². The van der Waals surface area contributed by atoms with Crippen molar-refractivity contribution < 1.29 is 9.53 Å². The third kappa shape index (κ3) is 5.38. The van der Waals surface area contributed by atoms with Gasteiger partial charge < -0.3 is 10.1 Å². The van der Waals surface area contributed by atoms with Crippen molar-refractivity contribution in [3.63, 3.8) is 0 Å². The molecule has 0 saturated heterocycles. The molecule has 5 heteroatoms. The second-order valence-electron chi connectivity index (χ2n) is 6.33. The molecule has 2 aromatic carbocycles. The van der Waals surface area contributed by atoms with Crippen LogP contribution in [-0.4, -0.2) is 12.0 Å². The average molecular weight is 378 g/mol. The molecule has 1 saturated carbocycles. The molecular weight excluding hydrogens is 357 g/mol. The highest BCUT2D eigenvalue weighted by molar-refractivity contribution is 6.35. The molecule has 0 bridgehead atoms. The first-order valence-corrected chi connectivity index (χ1v) is 9.36. The monoisotopic (exact) mass is 377 g/mol. The number of carbonyl (C=O) groups excluding carboxylic acids is 1. The molecule has 0 unspecified atom stereocenters. The number of carbonyl (C=O) groups is 1. The van der Waals surface area contributed by atoms with Crippen molar-refractivity contribution in [2.24, 2.45) is 0 Å². The van der Waals surface area contributed by atoms with Gasteiger partial charge in [0.15, 0.2) is 0 Å². The number of amides is 1. The zero-order valence-corrected chi connectivity index (χ0v) is 15.4. The van der Waals surface area contributed by atoms with E-state index >= 15 is 0 Å². The smallest absolute Gasteiger partial charge is 0.224 e. The summed E-state index contributed by atoms with van der Waals surface area (Å²) < 4.78 is 5.93. The molecule has 2 aromatic rings. The number of hydrogen-bond donors (Lipinski definition) is 1. The molecule has 0 atom stereocenters. The molecule has 132 valence electrons. The lowest BCUT2D eigenvalue weighted by Crippen LogP contribution is -2.13. The molecule has 1 fully saturated rings. The summed E-state index contributed by atoms with van der Waals surface area (Å²) in [6, 6.07) is 12.9.